The zero-order valence-electron chi connectivity index (χ0n) is 11.9. The van der Waals surface area contributed by atoms with E-state index in [-0.39, 0.29) is 17.9 Å². The molecular formula is C14H17N3O4. The molecule has 7 nitrogen and oxygen atoms in total. The average molecular weight is 291 g/mol. The van der Waals surface area contributed by atoms with E-state index < -0.39 is 12.0 Å². The van der Waals surface area contributed by atoms with E-state index in [1.54, 1.807) is 12.1 Å². The Morgan fingerprint density at radius 2 is 2.00 bits per heavy atom. The molecule has 1 aromatic rings. The van der Waals surface area contributed by atoms with Gasteiger partial charge in [-0.25, -0.2) is 15.0 Å². The number of benzene rings is 1. The SMILES string of the molecule is CC(C)CCOC(=O)NNC(=O)c1ccccc1N=C=O. The molecule has 0 aliphatic rings. The molecule has 0 heterocycles. The molecule has 0 unspecified atom stereocenters. The number of isocyanates is 1. The number of hydrogen-bond acceptors (Lipinski definition) is 5. The molecule has 2 N–H and O–H groups in total. The van der Waals surface area contributed by atoms with Gasteiger partial charge in [0.25, 0.3) is 5.91 Å². The van der Waals surface area contributed by atoms with Crippen molar-refractivity contribution in [2.75, 3.05) is 6.61 Å². The minimum Gasteiger partial charge on any atom is -0.448 e. The van der Waals surface area contributed by atoms with E-state index in [9.17, 15) is 14.4 Å². The number of ether oxygens (including phenoxy) is 1. The first-order chi connectivity index (χ1) is 10.0. The van der Waals surface area contributed by atoms with E-state index in [0.717, 1.165) is 6.42 Å². The molecule has 0 atom stereocenters. The number of carbonyl (C=O) groups is 2. The fourth-order valence-electron chi connectivity index (χ4n) is 1.41. The van der Waals surface area contributed by atoms with E-state index in [0.29, 0.717) is 5.92 Å². The third-order valence-electron chi connectivity index (χ3n) is 2.52. The van der Waals surface area contributed by atoms with Crippen molar-refractivity contribution in [2.45, 2.75) is 20.3 Å². The maximum Gasteiger partial charge on any atom is 0.426 e. The van der Waals surface area contributed by atoms with Gasteiger partial charge in [-0.3, -0.25) is 10.2 Å². The van der Waals surface area contributed by atoms with Crippen LogP contribution in [0.3, 0.4) is 0 Å². The Hall–Kier alpha value is -2.66. The van der Waals surface area contributed by atoms with Gasteiger partial charge in [0, 0.05) is 0 Å². The molecule has 0 fully saturated rings. The summed E-state index contributed by atoms with van der Waals surface area (Å²) in [6.07, 6.45) is 1.35. The molecule has 0 saturated heterocycles. The van der Waals surface area contributed by atoms with Crippen LogP contribution in [0.5, 0.6) is 0 Å². The quantitative estimate of drug-likeness (QED) is 0.493. The highest BCUT2D eigenvalue weighted by Crippen LogP contribution is 2.17. The maximum absolute atomic E-state index is 11.9. The number of aliphatic imine (C=N–C) groups is 1. The van der Waals surface area contributed by atoms with Gasteiger partial charge < -0.3 is 4.74 Å². The van der Waals surface area contributed by atoms with Gasteiger partial charge in [0.05, 0.1) is 17.9 Å². The van der Waals surface area contributed by atoms with Crippen LogP contribution in [-0.2, 0) is 9.53 Å². The van der Waals surface area contributed by atoms with Gasteiger partial charge in [-0.2, -0.15) is 4.99 Å². The van der Waals surface area contributed by atoms with Crippen LogP contribution in [0.1, 0.15) is 30.6 Å². The molecule has 0 aliphatic carbocycles. The van der Waals surface area contributed by atoms with Gasteiger partial charge in [-0.05, 0) is 24.5 Å². The molecule has 0 radical (unpaired) electrons. The number of amides is 2. The van der Waals surface area contributed by atoms with Crippen LogP contribution in [0.2, 0.25) is 0 Å². The molecule has 0 aliphatic heterocycles. The van der Waals surface area contributed by atoms with Crippen molar-refractivity contribution in [3.05, 3.63) is 29.8 Å². The van der Waals surface area contributed by atoms with E-state index in [1.807, 2.05) is 13.8 Å². The Morgan fingerprint density at radius 3 is 2.67 bits per heavy atom. The van der Waals surface area contributed by atoms with Crippen LogP contribution in [0.25, 0.3) is 0 Å². The van der Waals surface area contributed by atoms with Crippen molar-refractivity contribution in [1.29, 1.82) is 0 Å². The predicted molar refractivity (Wildman–Crippen MR) is 75.6 cm³/mol. The van der Waals surface area contributed by atoms with Crippen molar-refractivity contribution >= 4 is 23.8 Å². The molecule has 0 spiro atoms. The Balaban J connectivity index is 2.51. The monoisotopic (exact) mass is 291 g/mol. The molecule has 2 amide bonds. The lowest BCUT2D eigenvalue weighted by Crippen LogP contribution is -2.42. The normalized spacial score (nSPS) is 9.67. The smallest absolute Gasteiger partial charge is 0.426 e. The summed E-state index contributed by atoms with van der Waals surface area (Å²) in [7, 11) is 0. The fourth-order valence-corrected chi connectivity index (χ4v) is 1.41. The predicted octanol–water partition coefficient (Wildman–Crippen LogP) is 2.07. The van der Waals surface area contributed by atoms with Crippen LogP contribution >= 0.6 is 0 Å². The second-order valence-corrected chi connectivity index (χ2v) is 4.62. The van der Waals surface area contributed by atoms with Gasteiger partial charge >= 0.3 is 6.09 Å². The number of para-hydroxylation sites is 1. The third-order valence-corrected chi connectivity index (χ3v) is 2.52. The zero-order chi connectivity index (χ0) is 15.7. The van der Waals surface area contributed by atoms with Crippen molar-refractivity contribution in [3.63, 3.8) is 0 Å². The molecule has 21 heavy (non-hydrogen) atoms. The van der Waals surface area contributed by atoms with Gasteiger partial charge in [0.2, 0.25) is 6.08 Å². The lowest BCUT2D eigenvalue weighted by Gasteiger charge is -2.10. The van der Waals surface area contributed by atoms with Crippen LogP contribution in [0.4, 0.5) is 10.5 Å². The summed E-state index contributed by atoms with van der Waals surface area (Å²) in [5, 5.41) is 0. The van der Waals surface area contributed by atoms with Crippen LogP contribution < -0.4 is 10.9 Å². The minimum atomic E-state index is -0.750. The maximum atomic E-state index is 11.9. The highest BCUT2D eigenvalue weighted by molar-refractivity contribution is 5.99. The molecule has 1 aromatic carbocycles. The highest BCUT2D eigenvalue weighted by atomic mass is 16.6. The van der Waals surface area contributed by atoms with Gasteiger partial charge in [0.15, 0.2) is 0 Å². The van der Waals surface area contributed by atoms with E-state index >= 15 is 0 Å². The first-order valence-electron chi connectivity index (χ1n) is 6.44. The first kappa shape index (κ1) is 16.4. The van der Waals surface area contributed by atoms with Crippen molar-refractivity contribution in [1.82, 2.24) is 10.9 Å². The molecule has 7 heteroatoms. The van der Waals surface area contributed by atoms with Crippen LogP contribution in [0, 0.1) is 5.92 Å². The number of rotatable bonds is 5. The van der Waals surface area contributed by atoms with Crippen molar-refractivity contribution in [3.8, 4) is 0 Å². The number of hydrogen-bond donors (Lipinski definition) is 2. The van der Waals surface area contributed by atoms with E-state index in [2.05, 4.69) is 15.8 Å². The summed E-state index contributed by atoms with van der Waals surface area (Å²) >= 11 is 0. The summed E-state index contributed by atoms with van der Waals surface area (Å²) < 4.78 is 4.87. The molecule has 0 bridgehead atoms. The van der Waals surface area contributed by atoms with Gasteiger partial charge in [-0.1, -0.05) is 26.0 Å². The highest BCUT2D eigenvalue weighted by Gasteiger charge is 2.11. The Labute approximate surface area is 122 Å². The summed E-state index contributed by atoms with van der Waals surface area (Å²) in [4.78, 5) is 36.9. The molecular weight excluding hydrogens is 274 g/mol. The first-order valence-corrected chi connectivity index (χ1v) is 6.44. The lowest BCUT2D eigenvalue weighted by atomic mass is 10.1. The Morgan fingerprint density at radius 1 is 1.29 bits per heavy atom. The number of carbonyl (C=O) groups excluding carboxylic acids is 3. The van der Waals surface area contributed by atoms with Gasteiger partial charge in [-0.15, -0.1) is 0 Å². The largest absolute Gasteiger partial charge is 0.448 e. The standard InChI is InChI=1S/C14H17N3O4/c1-10(2)7-8-21-14(20)17-16-13(19)11-5-3-4-6-12(11)15-9-18/h3-6,10H,7-8H2,1-2H3,(H,16,19)(H,17,20). The summed E-state index contributed by atoms with van der Waals surface area (Å²) in [6, 6.07) is 6.19. The van der Waals surface area contributed by atoms with E-state index in [1.165, 1.54) is 18.2 Å². The number of hydrazine groups is 1. The van der Waals surface area contributed by atoms with Crippen molar-refractivity contribution in [2.24, 2.45) is 10.9 Å². The fraction of sp³-hybridized carbons (Fsp3) is 0.357. The minimum absolute atomic E-state index is 0.142. The molecule has 1 rings (SSSR count). The van der Waals surface area contributed by atoms with Crippen molar-refractivity contribution < 1.29 is 19.1 Å². The number of nitrogens with zero attached hydrogens (tertiary/aromatic N) is 1. The van der Waals surface area contributed by atoms with E-state index in [4.69, 9.17) is 4.74 Å². The van der Waals surface area contributed by atoms with Crippen LogP contribution in [-0.4, -0.2) is 24.7 Å². The topological polar surface area (TPSA) is 96.9 Å². The Kier molecular flexibility index (Phi) is 6.63. The lowest BCUT2D eigenvalue weighted by molar-refractivity contribution is 0.0907. The van der Waals surface area contributed by atoms with Gasteiger partial charge in [0.1, 0.15) is 0 Å². The average Bonchev–Trinajstić information content (AvgIpc) is 2.45. The Bertz CT molecular complexity index is 551. The second kappa shape index (κ2) is 8.50. The summed E-state index contributed by atoms with van der Waals surface area (Å²) in [5.74, 6) is -0.189. The molecule has 0 aromatic heterocycles. The number of nitrogens with one attached hydrogen (secondary N) is 2. The zero-order valence-corrected chi connectivity index (χ0v) is 11.9. The molecule has 0 saturated carbocycles. The molecule has 112 valence electrons. The summed E-state index contributed by atoms with van der Waals surface area (Å²) in [6.45, 7) is 4.28. The second-order valence-electron chi connectivity index (χ2n) is 4.62. The van der Waals surface area contributed by atoms with Crippen LogP contribution in [0.15, 0.2) is 29.3 Å². The third kappa shape index (κ3) is 5.88. The summed E-state index contributed by atoms with van der Waals surface area (Å²) in [5.41, 5.74) is 4.61.